The van der Waals surface area contributed by atoms with Crippen LogP contribution in [0.2, 0.25) is 0 Å². The van der Waals surface area contributed by atoms with Crippen molar-refractivity contribution in [3.8, 4) is 0 Å². The van der Waals surface area contributed by atoms with Crippen molar-refractivity contribution in [2.45, 2.75) is 46.4 Å². The second kappa shape index (κ2) is 7.47. The molecule has 1 N–H and O–H groups in total. The predicted molar refractivity (Wildman–Crippen MR) is 67.5 cm³/mol. The van der Waals surface area contributed by atoms with Crippen molar-refractivity contribution in [1.82, 2.24) is 9.88 Å². The molecule has 0 aliphatic rings. The van der Waals surface area contributed by atoms with E-state index in [1.165, 1.54) is 12.0 Å². The molecule has 1 heterocycles. The Hall–Kier alpha value is -0.800. The summed E-state index contributed by atoms with van der Waals surface area (Å²) in [5.74, 6) is 0. The fourth-order valence-electron chi connectivity index (χ4n) is 1.59. The van der Waals surface area contributed by atoms with Gasteiger partial charge >= 0.3 is 0 Å². The molecular weight excluding hydrogens is 200 g/mol. The summed E-state index contributed by atoms with van der Waals surface area (Å²) in [6.45, 7) is 10.1. The number of nitrogens with one attached hydrogen (secondary N) is 1. The summed E-state index contributed by atoms with van der Waals surface area (Å²) < 4.78 is 7.69. The predicted octanol–water partition coefficient (Wildman–Crippen LogP) is 2.41. The zero-order valence-electron chi connectivity index (χ0n) is 10.7. The molecule has 0 unspecified atom stereocenters. The largest absolute Gasteiger partial charge is 0.377 e. The van der Waals surface area contributed by atoms with Gasteiger partial charge < -0.3 is 14.6 Å². The number of aromatic nitrogens is 1. The molecule has 0 bridgehead atoms. The first-order chi connectivity index (χ1) is 7.72. The maximum Gasteiger partial charge on any atom is 0.0594 e. The van der Waals surface area contributed by atoms with Crippen LogP contribution in [-0.4, -0.2) is 23.8 Å². The average Bonchev–Trinajstić information content (AvgIpc) is 2.65. The smallest absolute Gasteiger partial charge is 0.0594 e. The van der Waals surface area contributed by atoms with Crippen molar-refractivity contribution in [3.05, 3.63) is 24.0 Å². The van der Waals surface area contributed by atoms with Gasteiger partial charge in [0.15, 0.2) is 0 Å². The molecule has 0 aliphatic heterocycles. The summed E-state index contributed by atoms with van der Waals surface area (Å²) in [4.78, 5) is 0. The SMILES string of the molecule is CCCn1ccc(CNCCOC(C)C)c1. The molecule has 0 aromatic carbocycles. The zero-order valence-corrected chi connectivity index (χ0v) is 10.7. The molecule has 1 aromatic heterocycles. The number of ether oxygens (including phenoxy) is 1. The van der Waals surface area contributed by atoms with Crippen LogP contribution < -0.4 is 5.32 Å². The first-order valence-corrected chi connectivity index (χ1v) is 6.19. The van der Waals surface area contributed by atoms with Crippen molar-refractivity contribution in [2.75, 3.05) is 13.2 Å². The van der Waals surface area contributed by atoms with Crippen molar-refractivity contribution in [3.63, 3.8) is 0 Å². The first kappa shape index (κ1) is 13.3. The highest BCUT2D eigenvalue weighted by Crippen LogP contribution is 2.01. The van der Waals surface area contributed by atoms with Gasteiger partial charge in [0, 0.05) is 32.0 Å². The van der Waals surface area contributed by atoms with Crippen molar-refractivity contribution in [1.29, 1.82) is 0 Å². The summed E-state index contributed by atoms with van der Waals surface area (Å²) in [5, 5.41) is 3.37. The Bertz CT molecular complexity index is 281. The van der Waals surface area contributed by atoms with Crippen LogP contribution in [0.1, 0.15) is 32.8 Å². The molecule has 0 saturated heterocycles. The lowest BCUT2D eigenvalue weighted by Gasteiger charge is -2.07. The molecule has 16 heavy (non-hydrogen) atoms. The molecule has 0 amide bonds. The molecule has 0 saturated carbocycles. The Kier molecular flexibility index (Phi) is 6.19. The Labute approximate surface area is 98.8 Å². The van der Waals surface area contributed by atoms with Gasteiger partial charge in [0.05, 0.1) is 12.7 Å². The van der Waals surface area contributed by atoms with E-state index in [1.54, 1.807) is 0 Å². The number of rotatable bonds is 8. The van der Waals surface area contributed by atoms with E-state index < -0.39 is 0 Å². The molecule has 92 valence electrons. The standard InChI is InChI=1S/C13H24N2O/c1-4-7-15-8-5-13(11-15)10-14-6-9-16-12(2)3/h5,8,11-12,14H,4,6-7,9-10H2,1-3H3. The zero-order chi connectivity index (χ0) is 11.8. The lowest BCUT2D eigenvalue weighted by Crippen LogP contribution is -2.20. The highest BCUT2D eigenvalue weighted by atomic mass is 16.5. The van der Waals surface area contributed by atoms with Crippen LogP contribution in [0, 0.1) is 0 Å². The van der Waals surface area contributed by atoms with Crippen LogP contribution in [0.4, 0.5) is 0 Å². The second-order valence-corrected chi connectivity index (χ2v) is 4.35. The van der Waals surface area contributed by atoms with E-state index in [2.05, 4.69) is 49.1 Å². The van der Waals surface area contributed by atoms with Crippen LogP contribution in [0.25, 0.3) is 0 Å². The van der Waals surface area contributed by atoms with Gasteiger partial charge in [-0.1, -0.05) is 6.92 Å². The van der Waals surface area contributed by atoms with Crippen LogP contribution in [0.3, 0.4) is 0 Å². The van der Waals surface area contributed by atoms with E-state index in [-0.39, 0.29) is 0 Å². The molecule has 0 atom stereocenters. The van der Waals surface area contributed by atoms with E-state index in [0.29, 0.717) is 6.10 Å². The number of aryl methyl sites for hydroxylation is 1. The third kappa shape index (κ3) is 5.33. The van der Waals surface area contributed by atoms with E-state index in [0.717, 1.165) is 26.2 Å². The van der Waals surface area contributed by atoms with Crippen LogP contribution in [0.15, 0.2) is 18.5 Å². The average molecular weight is 224 g/mol. The molecule has 0 fully saturated rings. The Balaban J connectivity index is 2.12. The van der Waals surface area contributed by atoms with E-state index >= 15 is 0 Å². The minimum atomic E-state index is 0.326. The fraction of sp³-hybridized carbons (Fsp3) is 0.692. The summed E-state index contributed by atoms with van der Waals surface area (Å²) in [6, 6.07) is 2.17. The highest BCUT2D eigenvalue weighted by molar-refractivity contribution is 5.09. The summed E-state index contributed by atoms with van der Waals surface area (Å²) in [7, 11) is 0. The second-order valence-electron chi connectivity index (χ2n) is 4.35. The van der Waals surface area contributed by atoms with Crippen LogP contribution >= 0.6 is 0 Å². The van der Waals surface area contributed by atoms with Crippen molar-refractivity contribution < 1.29 is 4.74 Å². The monoisotopic (exact) mass is 224 g/mol. The van der Waals surface area contributed by atoms with Gasteiger partial charge in [0.25, 0.3) is 0 Å². The normalized spacial score (nSPS) is 11.2. The highest BCUT2D eigenvalue weighted by Gasteiger charge is 1.96. The minimum absolute atomic E-state index is 0.326. The van der Waals surface area contributed by atoms with Crippen LogP contribution in [-0.2, 0) is 17.8 Å². The summed E-state index contributed by atoms with van der Waals surface area (Å²) >= 11 is 0. The summed E-state index contributed by atoms with van der Waals surface area (Å²) in [6.07, 6.45) is 5.86. The number of hydrogen-bond donors (Lipinski definition) is 1. The Morgan fingerprint density at radius 1 is 1.44 bits per heavy atom. The molecule has 0 spiro atoms. The topological polar surface area (TPSA) is 26.2 Å². The van der Waals surface area contributed by atoms with E-state index in [9.17, 15) is 0 Å². The van der Waals surface area contributed by atoms with E-state index in [4.69, 9.17) is 4.74 Å². The lowest BCUT2D eigenvalue weighted by atomic mass is 10.3. The minimum Gasteiger partial charge on any atom is -0.377 e. The third-order valence-electron chi connectivity index (χ3n) is 2.35. The summed E-state index contributed by atoms with van der Waals surface area (Å²) in [5.41, 5.74) is 1.35. The van der Waals surface area contributed by atoms with Gasteiger partial charge in [-0.3, -0.25) is 0 Å². The van der Waals surface area contributed by atoms with Crippen LogP contribution in [0.5, 0.6) is 0 Å². The van der Waals surface area contributed by atoms with Gasteiger partial charge in [-0.15, -0.1) is 0 Å². The lowest BCUT2D eigenvalue weighted by molar-refractivity contribution is 0.0807. The van der Waals surface area contributed by atoms with Gasteiger partial charge in [0.1, 0.15) is 0 Å². The molecule has 1 aromatic rings. The van der Waals surface area contributed by atoms with Gasteiger partial charge in [-0.25, -0.2) is 0 Å². The molecular formula is C13H24N2O. The van der Waals surface area contributed by atoms with Gasteiger partial charge in [0.2, 0.25) is 0 Å². The fourth-order valence-corrected chi connectivity index (χ4v) is 1.59. The molecule has 0 aliphatic carbocycles. The maximum atomic E-state index is 5.46. The quantitative estimate of drug-likeness (QED) is 0.686. The molecule has 1 rings (SSSR count). The first-order valence-electron chi connectivity index (χ1n) is 6.19. The Morgan fingerprint density at radius 3 is 2.94 bits per heavy atom. The number of hydrogen-bond acceptors (Lipinski definition) is 2. The molecule has 3 heteroatoms. The maximum absolute atomic E-state index is 5.46. The van der Waals surface area contributed by atoms with Crippen molar-refractivity contribution >= 4 is 0 Å². The van der Waals surface area contributed by atoms with E-state index in [1.807, 2.05) is 0 Å². The number of nitrogens with zero attached hydrogens (tertiary/aromatic N) is 1. The Morgan fingerprint density at radius 2 is 2.25 bits per heavy atom. The van der Waals surface area contributed by atoms with Gasteiger partial charge in [-0.05, 0) is 31.9 Å². The van der Waals surface area contributed by atoms with Gasteiger partial charge in [-0.2, -0.15) is 0 Å². The molecule has 3 nitrogen and oxygen atoms in total. The molecule has 0 radical (unpaired) electrons. The van der Waals surface area contributed by atoms with Crippen molar-refractivity contribution in [2.24, 2.45) is 0 Å². The third-order valence-corrected chi connectivity index (χ3v) is 2.35.